The number of rotatable bonds is 7. The van der Waals surface area contributed by atoms with Crippen molar-refractivity contribution in [2.45, 2.75) is 39.2 Å². The second-order valence-corrected chi connectivity index (χ2v) is 5.09. The summed E-state index contributed by atoms with van der Waals surface area (Å²) >= 11 is 0. The van der Waals surface area contributed by atoms with Crippen molar-refractivity contribution in [2.75, 3.05) is 20.2 Å². The number of carboxylic acids is 1. The number of hydrogen-bond acceptors (Lipinski definition) is 3. The van der Waals surface area contributed by atoms with Gasteiger partial charge >= 0.3 is 12.0 Å². The lowest BCUT2D eigenvalue weighted by molar-refractivity contribution is -0.138. The summed E-state index contributed by atoms with van der Waals surface area (Å²) in [6.07, 6.45) is 0.740. The molecule has 0 saturated carbocycles. The molecule has 0 radical (unpaired) electrons. The molecule has 0 rings (SSSR count). The summed E-state index contributed by atoms with van der Waals surface area (Å²) < 4.78 is 0. The summed E-state index contributed by atoms with van der Waals surface area (Å²) in [6.45, 7) is 5.58. The van der Waals surface area contributed by atoms with Gasteiger partial charge in [-0.25, -0.2) is 4.79 Å². The molecular formula is C12H24N2O4. The van der Waals surface area contributed by atoms with Gasteiger partial charge in [0.05, 0.1) is 12.1 Å². The van der Waals surface area contributed by atoms with Gasteiger partial charge < -0.3 is 20.4 Å². The second-order valence-electron chi connectivity index (χ2n) is 5.09. The lowest BCUT2D eigenvalue weighted by Gasteiger charge is -2.34. The van der Waals surface area contributed by atoms with Crippen molar-refractivity contribution in [3.8, 4) is 0 Å². The smallest absolute Gasteiger partial charge is 0.317 e. The molecule has 0 heterocycles. The molecule has 0 aliphatic carbocycles. The van der Waals surface area contributed by atoms with Crippen LogP contribution in [0.15, 0.2) is 0 Å². The molecule has 0 saturated heterocycles. The highest BCUT2D eigenvalue weighted by molar-refractivity contribution is 5.74. The van der Waals surface area contributed by atoms with Gasteiger partial charge in [-0.2, -0.15) is 0 Å². The average molecular weight is 260 g/mol. The van der Waals surface area contributed by atoms with Crippen LogP contribution in [0.4, 0.5) is 4.79 Å². The molecule has 2 amide bonds. The van der Waals surface area contributed by atoms with E-state index in [0.29, 0.717) is 13.0 Å². The number of aliphatic hydroxyl groups is 1. The maximum Gasteiger partial charge on any atom is 0.317 e. The van der Waals surface area contributed by atoms with E-state index in [2.05, 4.69) is 5.32 Å². The van der Waals surface area contributed by atoms with Crippen LogP contribution in [0.2, 0.25) is 0 Å². The molecular weight excluding hydrogens is 236 g/mol. The molecule has 1 atom stereocenters. The molecule has 106 valence electrons. The van der Waals surface area contributed by atoms with Crippen molar-refractivity contribution in [3.63, 3.8) is 0 Å². The molecule has 0 aromatic rings. The Labute approximate surface area is 108 Å². The van der Waals surface area contributed by atoms with Crippen LogP contribution in [-0.2, 0) is 4.79 Å². The number of carbonyl (C=O) groups is 2. The highest BCUT2D eigenvalue weighted by Crippen LogP contribution is 2.12. The van der Waals surface area contributed by atoms with Crippen LogP contribution in [0.3, 0.4) is 0 Å². The Bertz CT molecular complexity index is 292. The number of carboxylic acid groups (broad SMARTS) is 1. The molecule has 0 bridgehead atoms. The molecule has 0 aromatic heterocycles. The Kier molecular flexibility index (Phi) is 6.68. The minimum absolute atomic E-state index is 0.0455. The molecule has 18 heavy (non-hydrogen) atoms. The molecule has 0 spiro atoms. The fourth-order valence-electron chi connectivity index (χ4n) is 1.34. The van der Waals surface area contributed by atoms with Crippen LogP contribution in [0, 0.1) is 5.92 Å². The minimum atomic E-state index is -0.861. The van der Waals surface area contributed by atoms with Crippen molar-refractivity contribution < 1.29 is 19.8 Å². The van der Waals surface area contributed by atoms with Crippen LogP contribution in [0.1, 0.15) is 33.6 Å². The molecule has 3 N–H and O–H groups in total. The van der Waals surface area contributed by atoms with Crippen molar-refractivity contribution in [3.05, 3.63) is 0 Å². The summed E-state index contributed by atoms with van der Waals surface area (Å²) in [6, 6.07) is -0.308. The predicted molar refractivity (Wildman–Crippen MR) is 68.4 cm³/mol. The molecule has 0 fully saturated rings. The van der Waals surface area contributed by atoms with Gasteiger partial charge in [-0.3, -0.25) is 4.79 Å². The van der Waals surface area contributed by atoms with Crippen molar-refractivity contribution in [2.24, 2.45) is 5.92 Å². The predicted octanol–water partition coefficient (Wildman–Crippen LogP) is 0.900. The number of nitrogens with one attached hydrogen (secondary N) is 1. The quantitative estimate of drug-likeness (QED) is 0.634. The van der Waals surface area contributed by atoms with Gasteiger partial charge in [-0.1, -0.05) is 13.3 Å². The molecule has 0 aromatic carbocycles. The normalized spacial score (nSPS) is 12.9. The van der Waals surface area contributed by atoms with Crippen LogP contribution >= 0.6 is 0 Å². The number of aliphatic carboxylic acids is 1. The van der Waals surface area contributed by atoms with Crippen LogP contribution < -0.4 is 5.32 Å². The summed E-state index contributed by atoms with van der Waals surface area (Å²) in [5, 5.41) is 20.5. The third-order valence-corrected chi connectivity index (χ3v) is 3.18. The summed E-state index contributed by atoms with van der Waals surface area (Å²) in [5.74, 6) is -0.933. The lowest BCUT2D eigenvalue weighted by atomic mass is 10.0. The van der Waals surface area contributed by atoms with E-state index in [-0.39, 0.29) is 25.0 Å². The minimum Gasteiger partial charge on any atom is -0.481 e. The summed E-state index contributed by atoms with van der Waals surface area (Å²) in [5.41, 5.74) is -0.640. The Morgan fingerprint density at radius 3 is 2.33 bits per heavy atom. The van der Waals surface area contributed by atoms with E-state index in [4.69, 9.17) is 10.2 Å². The van der Waals surface area contributed by atoms with E-state index in [1.54, 1.807) is 20.9 Å². The molecule has 1 unspecified atom stereocenters. The van der Waals surface area contributed by atoms with Gasteiger partial charge in [0, 0.05) is 20.0 Å². The fourth-order valence-corrected chi connectivity index (χ4v) is 1.34. The van der Waals surface area contributed by atoms with Gasteiger partial charge in [0.25, 0.3) is 0 Å². The summed E-state index contributed by atoms with van der Waals surface area (Å²) in [4.78, 5) is 23.8. The third kappa shape index (κ3) is 5.35. The van der Waals surface area contributed by atoms with Crippen LogP contribution in [0.5, 0.6) is 0 Å². The van der Waals surface area contributed by atoms with E-state index in [1.807, 2.05) is 6.92 Å². The van der Waals surface area contributed by atoms with E-state index >= 15 is 0 Å². The Morgan fingerprint density at radius 2 is 1.94 bits per heavy atom. The molecule has 6 nitrogen and oxygen atoms in total. The Balaban J connectivity index is 4.28. The number of aliphatic hydroxyl groups excluding tert-OH is 1. The molecule has 0 aliphatic rings. The number of amides is 2. The first kappa shape index (κ1) is 16.7. The largest absolute Gasteiger partial charge is 0.481 e. The number of carbonyl (C=O) groups excluding carboxylic acids is 1. The average Bonchev–Trinajstić information content (AvgIpc) is 2.32. The maximum atomic E-state index is 11.8. The van der Waals surface area contributed by atoms with Gasteiger partial charge in [0.2, 0.25) is 0 Å². The van der Waals surface area contributed by atoms with Crippen LogP contribution in [-0.4, -0.2) is 52.9 Å². The van der Waals surface area contributed by atoms with E-state index < -0.39 is 11.5 Å². The van der Waals surface area contributed by atoms with Gasteiger partial charge in [-0.05, 0) is 19.8 Å². The van der Waals surface area contributed by atoms with Crippen molar-refractivity contribution in [1.82, 2.24) is 10.2 Å². The van der Waals surface area contributed by atoms with Gasteiger partial charge in [0.15, 0.2) is 0 Å². The first-order valence-electron chi connectivity index (χ1n) is 6.09. The third-order valence-electron chi connectivity index (χ3n) is 3.18. The fraction of sp³-hybridized carbons (Fsp3) is 0.833. The number of hydrogen-bond donors (Lipinski definition) is 3. The Hall–Kier alpha value is -1.30. The standard InChI is InChI=1S/C12H24N2O4/c1-5-9(6-10(16)17)7-13-11(18)14(4)12(2,3)8-15/h9,15H,5-8H2,1-4H3,(H,13,18)(H,16,17). The first-order chi connectivity index (χ1) is 8.24. The Morgan fingerprint density at radius 1 is 1.39 bits per heavy atom. The number of nitrogens with zero attached hydrogens (tertiary/aromatic N) is 1. The molecule has 0 aliphatic heterocycles. The number of likely N-dealkylation sites (N-methyl/N-ethyl adjacent to an activating group) is 1. The zero-order valence-corrected chi connectivity index (χ0v) is 11.6. The van der Waals surface area contributed by atoms with Gasteiger partial charge in [0.1, 0.15) is 0 Å². The second kappa shape index (κ2) is 7.20. The van der Waals surface area contributed by atoms with Gasteiger partial charge in [-0.15, -0.1) is 0 Å². The van der Waals surface area contributed by atoms with Crippen molar-refractivity contribution >= 4 is 12.0 Å². The van der Waals surface area contributed by atoms with E-state index in [0.717, 1.165) is 0 Å². The highest BCUT2D eigenvalue weighted by Gasteiger charge is 2.27. The highest BCUT2D eigenvalue weighted by atomic mass is 16.4. The number of urea groups is 1. The zero-order chi connectivity index (χ0) is 14.3. The topological polar surface area (TPSA) is 89.9 Å². The van der Waals surface area contributed by atoms with E-state index in [1.165, 1.54) is 4.90 Å². The first-order valence-corrected chi connectivity index (χ1v) is 6.09. The SMILES string of the molecule is CCC(CNC(=O)N(C)C(C)(C)CO)CC(=O)O. The summed E-state index contributed by atoms with van der Waals surface area (Å²) in [7, 11) is 1.60. The maximum absolute atomic E-state index is 11.8. The van der Waals surface area contributed by atoms with Crippen molar-refractivity contribution in [1.29, 1.82) is 0 Å². The molecule has 6 heteroatoms. The van der Waals surface area contributed by atoms with Crippen LogP contribution in [0.25, 0.3) is 0 Å². The monoisotopic (exact) mass is 260 g/mol. The lowest BCUT2D eigenvalue weighted by Crippen LogP contribution is -2.52. The zero-order valence-electron chi connectivity index (χ0n) is 11.6. The van der Waals surface area contributed by atoms with E-state index in [9.17, 15) is 9.59 Å².